The maximum atomic E-state index is 14.3. The number of rotatable bonds is 5. The molecule has 5 heteroatoms. The zero-order valence-electron chi connectivity index (χ0n) is 19.5. The van der Waals surface area contributed by atoms with Crippen LogP contribution in [0.3, 0.4) is 0 Å². The van der Waals surface area contributed by atoms with Gasteiger partial charge in [-0.05, 0) is 104 Å². The first-order valence-corrected chi connectivity index (χ1v) is 12.3. The van der Waals surface area contributed by atoms with Crippen molar-refractivity contribution in [1.29, 1.82) is 0 Å². The summed E-state index contributed by atoms with van der Waals surface area (Å²) in [7, 11) is 3.35. The number of carbonyl (C=O) groups excluding carboxylic acids is 1. The summed E-state index contributed by atoms with van der Waals surface area (Å²) >= 11 is 0. The third kappa shape index (κ3) is 3.53. The number of methoxy groups -OCH3 is 2. The van der Waals surface area contributed by atoms with Gasteiger partial charge in [0.15, 0.2) is 0 Å². The van der Waals surface area contributed by atoms with Crippen LogP contribution in [0.25, 0.3) is 0 Å². The van der Waals surface area contributed by atoms with E-state index in [-0.39, 0.29) is 17.4 Å². The van der Waals surface area contributed by atoms with E-state index in [0.29, 0.717) is 0 Å². The zero-order valence-corrected chi connectivity index (χ0v) is 19.5. The highest BCUT2D eigenvalue weighted by atomic mass is 16.5. The molecule has 0 aromatic heterocycles. The molecule has 2 aromatic rings. The Balaban J connectivity index is 1.35. The minimum Gasteiger partial charge on any atom is -0.497 e. The predicted molar refractivity (Wildman–Crippen MR) is 127 cm³/mol. The van der Waals surface area contributed by atoms with Crippen molar-refractivity contribution in [3.8, 4) is 11.5 Å². The van der Waals surface area contributed by atoms with Gasteiger partial charge >= 0.3 is 0 Å². The normalized spacial score (nSPS) is 32.1. The summed E-state index contributed by atoms with van der Waals surface area (Å²) in [5.74, 6) is 4.09. The van der Waals surface area contributed by atoms with Crippen LogP contribution in [0.1, 0.15) is 62.1 Å². The van der Waals surface area contributed by atoms with Crippen molar-refractivity contribution in [2.45, 2.75) is 51.0 Å². The maximum Gasteiger partial charge on any atom is 0.249 e. The van der Waals surface area contributed by atoms with E-state index in [1.807, 2.05) is 41.4 Å². The number of amides is 1. The lowest BCUT2D eigenvalue weighted by Gasteiger charge is -2.56. The molecule has 2 aromatic carbocycles. The molecule has 33 heavy (non-hydrogen) atoms. The molecule has 0 unspecified atom stereocenters. The smallest absolute Gasteiger partial charge is 0.249 e. The van der Waals surface area contributed by atoms with Crippen LogP contribution in [-0.4, -0.2) is 30.8 Å². The average Bonchev–Trinajstić information content (AvgIpc) is 3.28. The largest absolute Gasteiger partial charge is 0.497 e. The van der Waals surface area contributed by atoms with E-state index in [1.54, 1.807) is 14.2 Å². The molecular weight excluding hydrogens is 412 g/mol. The van der Waals surface area contributed by atoms with E-state index in [0.717, 1.165) is 71.8 Å². The first kappa shape index (κ1) is 20.8. The van der Waals surface area contributed by atoms with E-state index in [2.05, 4.69) is 12.1 Å². The number of carbonyl (C=O) groups is 1. The van der Waals surface area contributed by atoms with Crippen molar-refractivity contribution in [2.24, 2.45) is 28.3 Å². The van der Waals surface area contributed by atoms with Crippen molar-refractivity contribution in [3.63, 3.8) is 0 Å². The molecule has 7 rings (SSSR count). The zero-order chi connectivity index (χ0) is 22.6. The van der Waals surface area contributed by atoms with Crippen LogP contribution in [0.4, 0.5) is 0 Å². The second-order valence-corrected chi connectivity index (χ2v) is 10.6. The second-order valence-electron chi connectivity index (χ2n) is 10.6. The van der Waals surface area contributed by atoms with Crippen LogP contribution in [0.15, 0.2) is 53.6 Å². The van der Waals surface area contributed by atoms with Gasteiger partial charge in [0, 0.05) is 6.42 Å². The van der Waals surface area contributed by atoms with E-state index in [1.165, 1.54) is 19.3 Å². The predicted octanol–water partition coefficient (Wildman–Crippen LogP) is 5.60. The first-order chi connectivity index (χ1) is 16.1. The molecule has 4 aliphatic carbocycles. The van der Waals surface area contributed by atoms with Gasteiger partial charge in [-0.3, -0.25) is 4.79 Å². The van der Waals surface area contributed by atoms with Crippen LogP contribution in [0, 0.1) is 23.2 Å². The van der Waals surface area contributed by atoms with E-state index >= 15 is 0 Å². The molecule has 4 saturated carbocycles. The van der Waals surface area contributed by atoms with Gasteiger partial charge in [0.05, 0.1) is 31.4 Å². The number of nitrogens with zero attached hydrogens (tertiary/aromatic N) is 2. The Morgan fingerprint density at radius 1 is 0.848 bits per heavy atom. The highest BCUT2D eigenvalue weighted by Crippen LogP contribution is 2.61. The third-order valence-corrected chi connectivity index (χ3v) is 8.53. The van der Waals surface area contributed by atoms with Gasteiger partial charge in [0.2, 0.25) is 5.91 Å². The number of benzene rings is 2. The van der Waals surface area contributed by atoms with Gasteiger partial charge in [-0.1, -0.05) is 12.1 Å². The van der Waals surface area contributed by atoms with Crippen LogP contribution in [0.2, 0.25) is 0 Å². The minimum atomic E-state index is -0.210. The van der Waals surface area contributed by atoms with Crippen molar-refractivity contribution < 1.29 is 14.3 Å². The summed E-state index contributed by atoms with van der Waals surface area (Å²) in [6.07, 6.45) is 7.86. The first-order valence-electron chi connectivity index (χ1n) is 12.3. The van der Waals surface area contributed by atoms with Crippen molar-refractivity contribution in [1.82, 2.24) is 5.01 Å². The minimum absolute atomic E-state index is 0.0755. The summed E-state index contributed by atoms with van der Waals surface area (Å²) in [5.41, 5.74) is 2.92. The monoisotopic (exact) mass is 444 g/mol. The van der Waals surface area contributed by atoms with Gasteiger partial charge < -0.3 is 9.47 Å². The molecule has 1 aliphatic heterocycles. The average molecular weight is 445 g/mol. The summed E-state index contributed by atoms with van der Waals surface area (Å²) in [6, 6.07) is 16.1. The molecule has 5 nitrogen and oxygen atoms in total. The summed E-state index contributed by atoms with van der Waals surface area (Å²) in [5, 5.41) is 6.86. The maximum absolute atomic E-state index is 14.3. The third-order valence-electron chi connectivity index (χ3n) is 8.53. The number of ether oxygens (including phenoxy) is 2. The molecule has 0 N–H and O–H groups in total. The summed E-state index contributed by atoms with van der Waals surface area (Å²) < 4.78 is 10.7. The lowest BCUT2D eigenvalue weighted by Crippen LogP contribution is -2.53. The number of hydrogen-bond acceptors (Lipinski definition) is 4. The molecule has 1 amide bonds. The van der Waals surface area contributed by atoms with Gasteiger partial charge in [-0.2, -0.15) is 5.10 Å². The molecule has 4 bridgehead atoms. The molecule has 5 aliphatic rings. The Hall–Kier alpha value is -2.82. The molecule has 0 radical (unpaired) electrons. The molecule has 172 valence electrons. The lowest BCUT2D eigenvalue weighted by molar-refractivity contribution is -0.159. The van der Waals surface area contributed by atoms with Gasteiger partial charge in [-0.25, -0.2) is 5.01 Å². The van der Waals surface area contributed by atoms with E-state index in [4.69, 9.17) is 14.6 Å². The fraction of sp³-hybridized carbons (Fsp3) is 0.500. The molecule has 1 heterocycles. The highest BCUT2D eigenvalue weighted by Gasteiger charge is 2.57. The Kier molecular flexibility index (Phi) is 4.97. The fourth-order valence-electron chi connectivity index (χ4n) is 7.36. The molecule has 0 spiro atoms. The van der Waals surface area contributed by atoms with Gasteiger partial charge in [0.25, 0.3) is 0 Å². The Bertz CT molecular complexity index is 1040. The number of hydrogen-bond donors (Lipinski definition) is 0. The standard InChI is InChI=1S/C28H32N2O3/c1-32-23-7-3-21(4-8-23)25-14-26(22-5-9-24(33-2)10-6-22)30(29-25)27(31)28-15-18-11-19(16-28)13-20(12-18)17-28/h3-10,18-20,26H,11-17H2,1-2H3/t18?,19?,20?,26-,28?/m1/s1. The Labute approximate surface area is 195 Å². The van der Waals surface area contributed by atoms with Crippen LogP contribution in [-0.2, 0) is 4.79 Å². The van der Waals surface area contributed by atoms with Crippen molar-refractivity contribution in [2.75, 3.05) is 14.2 Å². The molecule has 4 fully saturated rings. The van der Waals surface area contributed by atoms with E-state index in [9.17, 15) is 4.79 Å². The van der Waals surface area contributed by atoms with E-state index < -0.39 is 0 Å². The summed E-state index contributed by atoms with van der Waals surface area (Å²) in [6.45, 7) is 0. The Morgan fingerprint density at radius 3 is 1.88 bits per heavy atom. The molecular formula is C28H32N2O3. The van der Waals surface area contributed by atoms with Crippen LogP contribution < -0.4 is 9.47 Å². The summed E-state index contributed by atoms with van der Waals surface area (Å²) in [4.78, 5) is 14.3. The molecule has 1 atom stereocenters. The van der Waals surface area contributed by atoms with Crippen molar-refractivity contribution >= 4 is 11.6 Å². The van der Waals surface area contributed by atoms with Crippen LogP contribution in [0.5, 0.6) is 11.5 Å². The Morgan fingerprint density at radius 2 is 1.36 bits per heavy atom. The number of hydrazone groups is 1. The van der Waals surface area contributed by atoms with Gasteiger partial charge in [0.1, 0.15) is 11.5 Å². The fourth-order valence-corrected chi connectivity index (χ4v) is 7.36. The SMILES string of the molecule is COc1ccc(C2=NN(C(=O)C34CC5CC(CC(C5)C3)C4)[C@@H](c3ccc(OC)cc3)C2)cc1. The quantitative estimate of drug-likeness (QED) is 0.603. The van der Waals surface area contributed by atoms with Crippen LogP contribution >= 0.6 is 0 Å². The van der Waals surface area contributed by atoms with Crippen molar-refractivity contribution in [3.05, 3.63) is 59.7 Å². The lowest BCUT2D eigenvalue weighted by atomic mass is 9.49. The molecule has 0 saturated heterocycles. The van der Waals surface area contributed by atoms with Gasteiger partial charge in [-0.15, -0.1) is 0 Å². The topological polar surface area (TPSA) is 51.1 Å². The second kappa shape index (κ2) is 7.89. The highest BCUT2D eigenvalue weighted by molar-refractivity contribution is 6.03.